The predicted molar refractivity (Wildman–Crippen MR) is 122 cm³/mol. The predicted octanol–water partition coefficient (Wildman–Crippen LogP) is 3.91. The smallest absolute Gasteiger partial charge is 0.225 e. The van der Waals surface area contributed by atoms with Gasteiger partial charge in [0, 0.05) is 42.0 Å². The first-order chi connectivity index (χ1) is 15.6. The summed E-state index contributed by atoms with van der Waals surface area (Å²) in [6, 6.07) is 1.81. The van der Waals surface area contributed by atoms with E-state index in [0.29, 0.717) is 45.5 Å². The number of hydrogen-bond acceptors (Lipinski definition) is 9. The van der Waals surface area contributed by atoms with E-state index in [-0.39, 0.29) is 41.6 Å². The Morgan fingerprint density at radius 1 is 1.18 bits per heavy atom. The molecule has 1 amide bonds. The number of fused-ring (bicyclic) bond motifs is 1. The Morgan fingerprint density at radius 3 is 2.70 bits per heavy atom. The van der Waals surface area contributed by atoms with E-state index >= 15 is 0 Å². The average Bonchev–Trinajstić information content (AvgIpc) is 3.43. The van der Waals surface area contributed by atoms with Gasteiger partial charge in [-0.2, -0.15) is 0 Å². The van der Waals surface area contributed by atoms with Gasteiger partial charge in [0.25, 0.3) is 0 Å². The number of anilines is 1. The van der Waals surface area contributed by atoms with Crippen molar-refractivity contribution in [1.29, 1.82) is 0 Å². The fourth-order valence-electron chi connectivity index (χ4n) is 3.54. The molecule has 1 aliphatic rings. The molecule has 0 saturated carbocycles. The van der Waals surface area contributed by atoms with Gasteiger partial charge in [-0.1, -0.05) is 32.9 Å². The van der Waals surface area contributed by atoms with E-state index in [4.69, 9.17) is 4.52 Å². The molecule has 0 radical (unpaired) electrons. The summed E-state index contributed by atoms with van der Waals surface area (Å²) in [6.45, 7) is 7.95. The summed E-state index contributed by atoms with van der Waals surface area (Å²) in [7, 11) is 0. The molecule has 3 aromatic heterocycles. The van der Waals surface area contributed by atoms with Crippen molar-refractivity contribution >= 4 is 34.6 Å². The van der Waals surface area contributed by atoms with Crippen LogP contribution >= 0.6 is 11.3 Å². The second-order valence-electron chi connectivity index (χ2n) is 9.22. The molecular weight excluding hydrogens is 442 g/mol. The van der Waals surface area contributed by atoms with Crippen molar-refractivity contribution in [3.05, 3.63) is 51.2 Å². The Labute approximate surface area is 195 Å². The lowest BCUT2D eigenvalue weighted by molar-refractivity contribution is -0.116. The zero-order valence-electron chi connectivity index (χ0n) is 19.0. The third-order valence-corrected chi connectivity index (χ3v) is 6.69. The molecule has 0 bridgehead atoms. The molecule has 172 valence electrons. The van der Waals surface area contributed by atoms with Gasteiger partial charge in [-0.25, -0.2) is 15.0 Å². The number of carbonyl (C=O) groups is 3. The van der Waals surface area contributed by atoms with Gasteiger partial charge in [-0.05, 0) is 6.42 Å². The van der Waals surface area contributed by atoms with Crippen molar-refractivity contribution < 1.29 is 18.9 Å². The molecule has 1 atom stereocenters. The van der Waals surface area contributed by atoms with Gasteiger partial charge in [0.05, 0.1) is 22.0 Å². The minimum Gasteiger partial charge on any atom is -0.361 e. The molecule has 0 unspecified atom stereocenters. The summed E-state index contributed by atoms with van der Waals surface area (Å²) in [4.78, 5) is 50.4. The highest BCUT2D eigenvalue weighted by Crippen LogP contribution is 2.29. The number of nitrogens with one attached hydrogen (secondary N) is 1. The first-order valence-electron chi connectivity index (χ1n) is 10.7. The van der Waals surface area contributed by atoms with Gasteiger partial charge in [-0.15, -0.1) is 11.3 Å². The number of Topliss-reactive ketones (excluding diaryl/α,β-unsaturated/α-hetero) is 2. The summed E-state index contributed by atoms with van der Waals surface area (Å²) in [6.07, 6.45) is 3.90. The topological polar surface area (TPSA) is 128 Å². The summed E-state index contributed by atoms with van der Waals surface area (Å²) in [5.41, 5.74) is 1.42. The molecule has 0 saturated heterocycles. The molecule has 1 aliphatic heterocycles. The highest BCUT2D eigenvalue weighted by Gasteiger charge is 2.26. The molecule has 0 aliphatic carbocycles. The van der Waals surface area contributed by atoms with Crippen LogP contribution in [0.3, 0.4) is 0 Å². The monoisotopic (exact) mass is 467 g/mol. The van der Waals surface area contributed by atoms with Crippen molar-refractivity contribution in [3.63, 3.8) is 0 Å². The second-order valence-corrected chi connectivity index (χ2v) is 10.3. The fourth-order valence-corrected chi connectivity index (χ4v) is 4.44. The van der Waals surface area contributed by atoms with Gasteiger partial charge >= 0.3 is 0 Å². The van der Waals surface area contributed by atoms with Crippen molar-refractivity contribution in [2.75, 3.05) is 5.32 Å². The first kappa shape index (κ1) is 22.9. The van der Waals surface area contributed by atoms with Crippen LogP contribution in [0.15, 0.2) is 23.1 Å². The maximum absolute atomic E-state index is 12.9. The van der Waals surface area contributed by atoms with Crippen LogP contribution in [0.5, 0.6) is 0 Å². The lowest BCUT2D eigenvalue weighted by Gasteiger charge is -2.17. The van der Waals surface area contributed by atoms with Crippen LogP contribution in [0.4, 0.5) is 5.82 Å². The molecule has 4 rings (SSSR count). The maximum Gasteiger partial charge on any atom is 0.225 e. The van der Waals surface area contributed by atoms with Gasteiger partial charge in [0.2, 0.25) is 5.91 Å². The molecule has 0 fully saturated rings. The van der Waals surface area contributed by atoms with Gasteiger partial charge in [-0.3, -0.25) is 14.4 Å². The molecule has 0 aromatic carbocycles. The first-order valence-corrected chi connectivity index (χ1v) is 11.6. The van der Waals surface area contributed by atoms with Crippen LogP contribution in [0.1, 0.15) is 88.6 Å². The molecule has 9 nitrogen and oxygen atoms in total. The number of hydrogen-bond donors (Lipinski definition) is 1. The molecule has 33 heavy (non-hydrogen) atoms. The van der Waals surface area contributed by atoms with E-state index in [0.717, 1.165) is 5.76 Å². The lowest BCUT2D eigenvalue weighted by atomic mass is 9.93. The van der Waals surface area contributed by atoms with E-state index in [1.807, 2.05) is 33.8 Å². The Kier molecular flexibility index (Phi) is 6.20. The highest BCUT2D eigenvalue weighted by molar-refractivity contribution is 7.13. The number of carbonyl (C=O) groups excluding carboxylic acids is 3. The maximum atomic E-state index is 12.9. The van der Waals surface area contributed by atoms with Crippen LogP contribution < -0.4 is 5.32 Å². The molecule has 3 aromatic rings. The average molecular weight is 468 g/mol. The van der Waals surface area contributed by atoms with Crippen LogP contribution in [-0.2, 0) is 23.1 Å². The number of thiazole rings is 1. The SMILES string of the molecule is C[C@@H](CC(=O)c1ncnc2c1CCC(=O)N2)c1ncc(C(=O)Cc2cc(C(C)(C)C)on2)s1. The Bertz CT molecular complexity index is 1220. The van der Waals surface area contributed by atoms with Crippen LogP contribution in [-0.4, -0.2) is 37.6 Å². The number of aromatic nitrogens is 4. The second kappa shape index (κ2) is 8.93. The van der Waals surface area contributed by atoms with Crippen LogP contribution in [0.2, 0.25) is 0 Å². The Morgan fingerprint density at radius 2 is 1.97 bits per heavy atom. The third kappa shape index (κ3) is 5.05. The zero-order valence-corrected chi connectivity index (χ0v) is 19.8. The van der Waals surface area contributed by atoms with E-state index in [2.05, 4.69) is 25.4 Å². The summed E-state index contributed by atoms with van der Waals surface area (Å²) < 4.78 is 5.36. The van der Waals surface area contributed by atoms with E-state index < -0.39 is 0 Å². The number of nitrogens with zero attached hydrogens (tertiary/aromatic N) is 4. The summed E-state index contributed by atoms with van der Waals surface area (Å²) in [5, 5.41) is 7.40. The largest absolute Gasteiger partial charge is 0.361 e. The standard InChI is InChI=1S/C23H25N5O4S/c1-12(7-16(30)20-14-5-6-19(31)27-21(14)26-11-25-20)22-24-10-17(33-22)15(29)8-13-9-18(32-28-13)23(2,3)4/h9-12H,5-8H2,1-4H3,(H,25,26,27,31)/t12-/m0/s1. The molecule has 10 heteroatoms. The number of rotatable bonds is 7. The third-order valence-electron chi connectivity index (χ3n) is 5.42. The van der Waals surface area contributed by atoms with Gasteiger partial charge in [0.1, 0.15) is 23.6 Å². The Balaban J connectivity index is 1.42. The number of ketones is 2. The molecule has 0 spiro atoms. The highest BCUT2D eigenvalue weighted by atomic mass is 32.1. The molecular formula is C23H25N5O4S. The number of amides is 1. The van der Waals surface area contributed by atoms with Crippen molar-refractivity contribution in [2.24, 2.45) is 0 Å². The Hall–Kier alpha value is -3.27. The molecule has 4 heterocycles. The quantitative estimate of drug-likeness (QED) is 0.518. The van der Waals surface area contributed by atoms with Crippen molar-refractivity contribution in [1.82, 2.24) is 20.1 Å². The summed E-state index contributed by atoms with van der Waals surface area (Å²) >= 11 is 1.29. The van der Waals surface area contributed by atoms with E-state index in [1.165, 1.54) is 17.7 Å². The zero-order chi connectivity index (χ0) is 23.8. The van der Waals surface area contributed by atoms with Crippen molar-refractivity contribution in [3.8, 4) is 0 Å². The van der Waals surface area contributed by atoms with E-state index in [9.17, 15) is 14.4 Å². The normalized spacial score (nSPS) is 14.5. The van der Waals surface area contributed by atoms with Gasteiger partial charge in [0.15, 0.2) is 11.6 Å². The minimum atomic E-state index is -0.188. The minimum absolute atomic E-state index is 0.0911. The fraction of sp³-hybridized carbons (Fsp3) is 0.435. The van der Waals surface area contributed by atoms with Crippen LogP contribution in [0, 0.1) is 0 Å². The molecule has 1 N–H and O–H groups in total. The summed E-state index contributed by atoms with van der Waals surface area (Å²) in [5.74, 6) is 0.598. The van der Waals surface area contributed by atoms with Gasteiger partial charge < -0.3 is 9.84 Å². The van der Waals surface area contributed by atoms with Crippen molar-refractivity contribution in [2.45, 2.75) is 64.7 Å². The van der Waals surface area contributed by atoms with E-state index in [1.54, 1.807) is 6.20 Å². The lowest BCUT2D eigenvalue weighted by Crippen LogP contribution is -2.23. The van der Waals surface area contributed by atoms with Crippen LogP contribution in [0.25, 0.3) is 0 Å².